The fraction of sp³-hybridized carbons (Fsp3) is 0.300. The summed E-state index contributed by atoms with van der Waals surface area (Å²) in [7, 11) is 0. The van der Waals surface area contributed by atoms with E-state index in [1.54, 1.807) is 11.0 Å². The van der Waals surface area contributed by atoms with Gasteiger partial charge in [-0.3, -0.25) is 14.9 Å². The van der Waals surface area contributed by atoms with Crippen LogP contribution in [0, 0.1) is 10.1 Å². The lowest BCUT2D eigenvalue weighted by atomic mass is 10.0. The zero-order valence-corrected chi connectivity index (χ0v) is 15.8. The molecule has 0 bridgehead atoms. The minimum absolute atomic E-state index is 0.146. The number of para-hydroxylation sites is 2. The van der Waals surface area contributed by atoms with E-state index in [1.807, 2.05) is 30.3 Å². The van der Waals surface area contributed by atoms with Crippen LogP contribution >= 0.6 is 0 Å². The maximum Gasteiger partial charge on any atom is 0.405 e. The zero-order valence-electron chi connectivity index (χ0n) is 15.8. The Morgan fingerprint density at radius 3 is 2.28 bits per heavy atom. The number of nitro groups is 1. The number of carbonyl (C=O) groups excluding carboxylic acids is 2. The number of benzene rings is 2. The molecule has 2 amide bonds. The summed E-state index contributed by atoms with van der Waals surface area (Å²) in [4.78, 5) is 38.7. The molecule has 1 unspecified atom stereocenters. The van der Waals surface area contributed by atoms with E-state index in [4.69, 9.17) is 10.5 Å². The molecule has 9 heteroatoms. The Labute approximate surface area is 167 Å². The number of ether oxygens (including phenoxy) is 1. The van der Waals surface area contributed by atoms with Gasteiger partial charge >= 0.3 is 6.09 Å². The van der Waals surface area contributed by atoms with E-state index in [-0.39, 0.29) is 23.6 Å². The van der Waals surface area contributed by atoms with Crippen molar-refractivity contribution in [2.75, 3.05) is 31.1 Å². The van der Waals surface area contributed by atoms with E-state index in [9.17, 15) is 19.7 Å². The number of primary amides is 1. The highest BCUT2D eigenvalue weighted by Gasteiger charge is 2.30. The summed E-state index contributed by atoms with van der Waals surface area (Å²) in [5, 5.41) is 11.3. The SMILES string of the molecule is NC(=O)OC(CC(=O)N1CCN(c2ccccc2)CC1)c1ccccc1[N+](=O)[O-]. The summed E-state index contributed by atoms with van der Waals surface area (Å²) in [6.07, 6.45) is -2.41. The van der Waals surface area contributed by atoms with Crippen LogP contribution in [-0.4, -0.2) is 48.0 Å². The van der Waals surface area contributed by atoms with Crippen LogP contribution in [0.25, 0.3) is 0 Å². The van der Waals surface area contributed by atoms with Gasteiger partial charge in [0, 0.05) is 37.9 Å². The van der Waals surface area contributed by atoms with Crippen molar-refractivity contribution in [1.29, 1.82) is 0 Å². The molecule has 0 aromatic heterocycles. The molecule has 1 saturated heterocycles. The number of anilines is 1. The number of nitrogens with zero attached hydrogens (tertiary/aromatic N) is 3. The second-order valence-corrected chi connectivity index (χ2v) is 6.65. The minimum atomic E-state index is -1.12. The van der Waals surface area contributed by atoms with Crippen LogP contribution in [0.3, 0.4) is 0 Å². The maximum absolute atomic E-state index is 12.8. The van der Waals surface area contributed by atoms with Crippen LogP contribution in [-0.2, 0) is 9.53 Å². The Morgan fingerprint density at radius 2 is 1.66 bits per heavy atom. The summed E-state index contributed by atoms with van der Waals surface area (Å²) in [5.41, 5.74) is 6.15. The third-order valence-corrected chi connectivity index (χ3v) is 4.85. The lowest BCUT2D eigenvalue weighted by molar-refractivity contribution is -0.386. The first-order chi connectivity index (χ1) is 14.0. The van der Waals surface area contributed by atoms with Gasteiger partial charge in [0.2, 0.25) is 5.91 Å². The smallest absolute Gasteiger partial charge is 0.405 e. The molecule has 2 N–H and O–H groups in total. The average molecular weight is 398 g/mol. The van der Waals surface area contributed by atoms with Crippen molar-refractivity contribution in [2.24, 2.45) is 5.73 Å². The second-order valence-electron chi connectivity index (χ2n) is 6.65. The van der Waals surface area contributed by atoms with Crippen molar-refractivity contribution >= 4 is 23.4 Å². The molecule has 0 spiro atoms. The van der Waals surface area contributed by atoms with E-state index >= 15 is 0 Å². The number of hydrogen-bond donors (Lipinski definition) is 1. The molecule has 29 heavy (non-hydrogen) atoms. The van der Waals surface area contributed by atoms with Crippen molar-refractivity contribution in [3.63, 3.8) is 0 Å². The first kappa shape index (κ1) is 20.1. The van der Waals surface area contributed by atoms with Gasteiger partial charge in [0.15, 0.2) is 0 Å². The Morgan fingerprint density at radius 1 is 1.03 bits per heavy atom. The standard InChI is InChI=1S/C20H22N4O5/c21-20(26)29-18(16-8-4-5-9-17(16)24(27)28)14-19(25)23-12-10-22(11-13-23)15-6-2-1-3-7-15/h1-9,18H,10-14H2,(H2,21,26). The highest BCUT2D eigenvalue weighted by atomic mass is 16.6. The van der Waals surface area contributed by atoms with Crippen LogP contribution in [0.4, 0.5) is 16.2 Å². The monoisotopic (exact) mass is 398 g/mol. The van der Waals surface area contributed by atoms with Crippen LogP contribution in [0.15, 0.2) is 54.6 Å². The summed E-state index contributed by atoms with van der Waals surface area (Å²) in [6, 6.07) is 15.8. The molecule has 1 aliphatic rings. The fourth-order valence-corrected chi connectivity index (χ4v) is 3.42. The number of nitrogens with two attached hydrogens (primary N) is 1. The lowest BCUT2D eigenvalue weighted by Gasteiger charge is -2.36. The molecule has 0 saturated carbocycles. The van der Waals surface area contributed by atoms with Gasteiger partial charge in [-0.2, -0.15) is 0 Å². The summed E-state index contributed by atoms with van der Waals surface area (Å²) in [6.45, 7) is 2.35. The van der Waals surface area contributed by atoms with Crippen molar-refractivity contribution < 1.29 is 19.2 Å². The van der Waals surface area contributed by atoms with Gasteiger partial charge in [0.05, 0.1) is 16.9 Å². The second kappa shape index (κ2) is 9.05. The molecule has 1 aliphatic heterocycles. The molecule has 2 aromatic rings. The highest BCUT2D eigenvalue weighted by Crippen LogP contribution is 2.30. The Hall–Kier alpha value is -3.62. The van der Waals surface area contributed by atoms with Gasteiger partial charge in [0.25, 0.3) is 5.69 Å². The van der Waals surface area contributed by atoms with Crippen molar-refractivity contribution in [3.8, 4) is 0 Å². The van der Waals surface area contributed by atoms with Gasteiger partial charge < -0.3 is 20.3 Å². The number of piperazine rings is 1. The quantitative estimate of drug-likeness (QED) is 0.590. The normalized spacial score (nSPS) is 14.9. The number of hydrogen-bond acceptors (Lipinski definition) is 6. The van der Waals surface area contributed by atoms with Crippen LogP contribution in [0.1, 0.15) is 18.1 Å². The molecule has 1 heterocycles. The largest absolute Gasteiger partial charge is 0.441 e. The summed E-state index contributed by atoms with van der Waals surface area (Å²) in [5.74, 6) is -0.248. The van der Waals surface area contributed by atoms with Crippen molar-refractivity contribution in [3.05, 3.63) is 70.3 Å². The molecule has 3 rings (SSSR count). The van der Waals surface area contributed by atoms with Crippen molar-refractivity contribution in [1.82, 2.24) is 4.90 Å². The number of amides is 2. The molecule has 152 valence electrons. The highest BCUT2D eigenvalue weighted by molar-refractivity contribution is 5.78. The molecular weight excluding hydrogens is 376 g/mol. The molecule has 9 nitrogen and oxygen atoms in total. The van der Waals surface area contributed by atoms with Crippen LogP contribution in [0.5, 0.6) is 0 Å². The third kappa shape index (κ3) is 5.01. The predicted octanol–water partition coefficient (Wildman–Crippen LogP) is 2.47. The van der Waals surface area contributed by atoms with Gasteiger partial charge in [-0.1, -0.05) is 30.3 Å². The summed E-state index contributed by atoms with van der Waals surface area (Å²) < 4.78 is 5.06. The van der Waals surface area contributed by atoms with Crippen molar-refractivity contribution in [2.45, 2.75) is 12.5 Å². The zero-order chi connectivity index (χ0) is 20.8. The average Bonchev–Trinajstić information content (AvgIpc) is 2.73. The van der Waals surface area contributed by atoms with E-state index in [0.29, 0.717) is 26.2 Å². The first-order valence-corrected chi connectivity index (χ1v) is 9.23. The van der Waals surface area contributed by atoms with Gasteiger partial charge in [-0.15, -0.1) is 0 Å². The number of rotatable bonds is 6. The molecule has 2 aromatic carbocycles. The minimum Gasteiger partial charge on any atom is -0.441 e. The molecule has 0 radical (unpaired) electrons. The van der Waals surface area contributed by atoms with Gasteiger partial charge in [0.1, 0.15) is 6.10 Å². The number of nitro benzene ring substituents is 1. The Balaban J connectivity index is 1.68. The Kier molecular flexibility index (Phi) is 6.28. The molecule has 1 atom stereocenters. The van der Waals surface area contributed by atoms with E-state index in [2.05, 4.69) is 4.90 Å². The fourth-order valence-electron chi connectivity index (χ4n) is 3.42. The third-order valence-electron chi connectivity index (χ3n) is 4.85. The predicted molar refractivity (Wildman–Crippen MR) is 106 cm³/mol. The molecular formula is C20H22N4O5. The van der Waals surface area contributed by atoms with E-state index < -0.39 is 17.1 Å². The van der Waals surface area contributed by atoms with Crippen LogP contribution in [0.2, 0.25) is 0 Å². The first-order valence-electron chi connectivity index (χ1n) is 9.23. The van der Waals surface area contributed by atoms with Gasteiger partial charge in [-0.25, -0.2) is 4.79 Å². The topological polar surface area (TPSA) is 119 Å². The lowest BCUT2D eigenvalue weighted by Crippen LogP contribution is -2.49. The molecule has 0 aliphatic carbocycles. The maximum atomic E-state index is 12.8. The van der Waals surface area contributed by atoms with E-state index in [0.717, 1.165) is 5.69 Å². The molecule has 1 fully saturated rings. The Bertz CT molecular complexity index is 881. The van der Waals surface area contributed by atoms with Crippen LogP contribution < -0.4 is 10.6 Å². The summed E-state index contributed by atoms with van der Waals surface area (Å²) >= 11 is 0. The van der Waals surface area contributed by atoms with E-state index in [1.165, 1.54) is 18.2 Å². The van der Waals surface area contributed by atoms with Gasteiger partial charge in [-0.05, 0) is 18.2 Å². The number of carbonyl (C=O) groups is 2.